The number of nitrogens with zero attached hydrogens (tertiary/aromatic N) is 3. The number of rotatable bonds is 7. The summed E-state index contributed by atoms with van der Waals surface area (Å²) in [5, 5.41) is 2.44. The van der Waals surface area contributed by atoms with Gasteiger partial charge in [-0.25, -0.2) is 13.4 Å². The van der Waals surface area contributed by atoms with Crippen LogP contribution >= 0.6 is 22.9 Å². The first-order valence-electron chi connectivity index (χ1n) is 9.41. The number of thiazole rings is 1. The van der Waals surface area contributed by atoms with E-state index in [9.17, 15) is 13.2 Å². The summed E-state index contributed by atoms with van der Waals surface area (Å²) >= 11 is 7.56. The number of anilines is 2. The van der Waals surface area contributed by atoms with Crippen LogP contribution in [0, 0.1) is 6.92 Å². The second kappa shape index (κ2) is 9.26. The van der Waals surface area contributed by atoms with Crippen molar-refractivity contribution < 1.29 is 13.2 Å². The fourth-order valence-electron chi connectivity index (χ4n) is 3.00. The molecule has 0 saturated heterocycles. The molecule has 158 valence electrons. The Balaban J connectivity index is 2.11. The van der Waals surface area contributed by atoms with Crippen LogP contribution in [-0.2, 0) is 10.0 Å². The van der Waals surface area contributed by atoms with Gasteiger partial charge in [0, 0.05) is 24.0 Å². The summed E-state index contributed by atoms with van der Waals surface area (Å²) < 4.78 is 27.3. The predicted molar refractivity (Wildman–Crippen MR) is 121 cm³/mol. The lowest BCUT2D eigenvalue weighted by Gasteiger charge is -2.22. The normalized spacial score (nSPS) is 11.6. The lowest BCUT2D eigenvalue weighted by atomic mass is 10.2. The minimum absolute atomic E-state index is 0.0785. The van der Waals surface area contributed by atoms with Gasteiger partial charge in [0.1, 0.15) is 4.90 Å². The molecular weight excluding hydrogens is 442 g/mol. The molecule has 6 nitrogen and oxygen atoms in total. The molecule has 0 radical (unpaired) electrons. The van der Waals surface area contributed by atoms with E-state index in [1.165, 1.54) is 38.7 Å². The zero-order valence-electron chi connectivity index (χ0n) is 16.9. The first-order chi connectivity index (χ1) is 14.3. The number of carbonyl (C=O) groups is 1. The molecular formula is C21H22ClN3O3S2. The van der Waals surface area contributed by atoms with E-state index >= 15 is 0 Å². The van der Waals surface area contributed by atoms with Crippen LogP contribution < -0.4 is 4.90 Å². The number of aryl methyl sites for hydroxylation is 1. The van der Waals surface area contributed by atoms with Crippen molar-refractivity contribution >= 4 is 49.7 Å². The van der Waals surface area contributed by atoms with Crippen molar-refractivity contribution in [3.8, 4) is 0 Å². The minimum atomic E-state index is -3.82. The molecule has 0 saturated carbocycles. The van der Waals surface area contributed by atoms with Gasteiger partial charge in [-0.15, -0.1) is 11.3 Å². The number of benzene rings is 2. The first kappa shape index (κ1) is 22.4. The van der Waals surface area contributed by atoms with Crippen molar-refractivity contribution in [2.45, 2.75) is 25.7 Å². The summed E-state index contributed by atoms with van der Waals surface area (Å²) in [5.41, 5.74) is 1.64. The van der Waals surface area contributed by atoms with Crippen LogP contribution in [0.3, 0.4) is 0 Å². The Morgan fingerprint density at radius 1 is 1.10 bits per heavy atom. The van der Waals surface area contributed by atoms with Crippen LogP contribution in [0.4, 0.5) is 10.8 Å². The van der Waals surface area contributed by atoms with Gasteiger partial charge in [-0.2, -0.15) is 4.31 Å². The standard InChI is InChI=1S/C21H22ClN3O3S2/c1-4-24(5-2)30(27,28)19-13-16(11-12-18(19)22)20(26)25(17-9-7-6-8-10-17)21-23-15(3)14-29-21/h6-14H,4-5H2,1-3H3. The molecule has 0 aliphatic rings. The van der Waals surface area contributed by atoms with Gasteiger partial charge in [0.25, 0.3) is 5.91 Å². The molecule has 0 unspecified atom stereocenters. The van der Waals surface area contributed by atoms with E-state index in [4.69, 9.17) is 11.6 Å². The second-order valence-corrected chi connectivity index (χ2v) is 9.63. The van der Waals surface area contributed by atoms with Crippen molar-refractivity contribution in [2.75, 3.05) is 18.0 Å². The first-order valence-corrected chi connectivity index (χ1v) is 12.1. The van der Waals surface area contributed by atoms with E-state index in [0.29, 0.717) is 23.9 Å². The second-order valence-electron chi connectivity index (χ2n) is 6.48. The maximum Gasteiger partial charge on any atom is 0.264 e. The number of para-hydroxylation sites is 1. The van der Waals surface area contributed by atoms with E-state index in [-0.39, 0.29) is 21.4 Å². The van der Waals surface area contributed by atoms with Crippen LogP contribution in [0.5, 0.6) is 0 Å². The van der Waals surface area contributed by atoms with Crippen LogP contribution in [-0.4, -0.2) is 36.7 Å². The van der Waals surface area contributed by atoms with Gasteiger partial charge in [0.15, 0.2) is 5.13 Å². The van der Waals surface area contributed by atoms with Gasteiger partial charge in [-0.3, -0.25) is 9.69 Å². The highest BCUT2D eigenvalue weighted by atomic mass is 35.5. The van der Waals surface area contributed by atoms with Crippen molar-refractivity contribution in [2.24, 2.45) is 0 Å². The Labute approximate surface area is 185 Å². The number of aromatic nitrogens is 1. The van der Waals surface area contributed by atoms with E-state index in [1.54, 1.807) is 26.0 Å². The van der Waals surface area contributed by atoms with E-state index in [0.717, 1.165) is 5.69 Å². The molecule has 0 aliphatic carbocycles. The maximum absolute atomic E-state index is 13.5. The Kier molecular flexibility index (Phi) is 6.92. The monoisotopic (exact) mass is 463 g/mol. The zero-order valence-corrected chi connectivity index (χ0v) is 19.3. The minimum Gasteiger partial charge on any atom is -0.268 e. The van der Waals surface area contributed by atoms with E-state index in [1.807, 2.05) is 30.5 Å². The summed E-state index contributed by atoms with van der Waals surface area (Å²) in [7, 11) is -3.82. The predicted octanol–water partition coefficient (Wildman–Crippen LogP) is 5.11. The molecule has 2 aromatic carbocycles. The third-order valence-corrected chi connectivity index (χ3v) is 7.99. The van der Waals surface area contributed by atoms with Gasteiger partial charge in [0.05, 0.1) is 16.4 Å². The quantitative estimate of drug-likeness (QED) is 0.488. The number of amides is 1. The zero-order chi connectivity index (χ0) is 21.9. The Hall–Kier alpha value is -2.26. The molecule has 9 heteroatoms. The molecule has 0 aliphatic heterocycles. The summed E-state index contributed by atoms with van der Waals surface area (Å²) in [6, 6.07) is 13.4. The van der Waals surface area contributed by atoms with Crippen molar-refractivity contribution in [3.05, 3.63) is 70.2 Å². The molecule has 3 rings (SSSR count). The molecule has 30 heavy (non-hydrogen) atoms. The summed E-state index contributed by atoms with van der Waals surface area (Å²) in [5.74, 6) is -0.386. The molecule has 0 spiro atoms. The lowest BCUT2D eigenvalue weighted by Crippen LogP contribution is -2.31. The summed E-state index contributed by atoms with van der Waals surface area (Å²) in [4.78, 5) is 19.3. The van der Waals surface area contributed by atoms with Gasteiger partial charge < -0.3 is 0 Å². The van der Waals surface area contributed by atoms with Gasteiger partial charge >= 0.3 is 0 Å². The Morgan fingerprint density at radius 3 is 2.33 bits per heavy atom. The van der Waals surface area contributed by atoms with Gasteiger partial charge in [-0.1, -0.05) is 43.6 Å². The summed E-state index contributed by atoms with van der Waals surface area (Å²) in [6.45, 7) is 5.98. The average molecular weight is 464 g/mol. The lowest BCUT2D eigenvalue weighted by molar-refractivity contribution is 0.0999. The van der Waals surface area contributed by atoms with Crippen molar-refractivity contribution in [3.63, 3.8) is 0 Å². The smallest absolute Gasteiger partial charge is 0.264 e. The van der Waals surface area contributed by atoms with Crippen molar-refractivity contribution in [1.29, 1.82) is 0 Å². The third kappa shape index (κ3) is 4.41. The van der Waals surface area contributed by atoms with Crippen LogP contribution in [0.2, 0.25) is 5.02 Å². The molecule has 1 amide bonds. The number of carbonyl (C=O) groups excluding carboxylic acids is 1. The number of hydrogen-bond donors (Lipinski definition) is 0. The fraction of sp³-hybridized carbons (Fsp3) is 0.238. The van der Waals surface area contributed by atoms with E-state index in [2.05, 4.69) is 4.98 Å². The molecule has 1 heterocycles. The number of halogens is 1. The molecule has 1 aromatic heterocycles. The number of hydrogen-bond acceptors (Lipinski definition) is 5. The van der Waals surface area contributed by atoms with Crippen LogP contribution in [0.1, 0.15) is 29.9 Å². The summed E-state index contributed by atoms with van der Waals surface area (Å²) in [6.07, 6.45) is 0. The Morgan fingerprint density at radius 2 is 1.77 bits per heavy atom. The molecule has 0 atom stereocenters. The average Bonchev–Trinajstić information content (AvgIpc) is 3.15. The topological polar surface area (TPSA) is 70.6 Å². The highest BCUT2D eigenvalue weighted by Crippen LogP contribution is 2.32. The molecule has 3 aromatic rings. The number of sulfonamides is 1. The van der Waals surface area contributed by atoms with Crippen molar-refractivity contribution in [1.82, 2.24) is 9.29 Å². The maximum atomic E-state index is 13.5. The third-order valence-electron chi connectivity index (χ3n) is 4.52. The molecule has 0 fully saturated rings. The molecule has 0 N–H and O–H groups in total. The SMILES string of the molecule is CCN(CC)S(=O)(=O)c1cc(C(=O)N(c2ccccc2)c2nc(C)cs2)ccc1Cl. The van der Waals surface area contributed by atoms with Crippen LogP contribution in [0.15, 0.2) is 58.8 Å². The fourth-order valence-corrected chi connectivity index (χ4v) is 5.78. The van der Waals surface area contributed by atoms with E-state index < -0.39 is 10.0 Å². The molecule has 0 bridgehead atoms. The largest absolute Gasteiger partial charge is 0.268 e. The highest BCUT2D eigenvalue weighted by Gasteiger charge is 2.28. The van der Waals surface area contributed by atoms with Gasteiger partial charge in [0.2, 0.25) is 10.0 Å². The van der Waals surface area contributed by atoms with Crippen LogP contribution in [0.25, 0.3) is 0 Å². The van der Waals surface area contributed by atoms with Gasteiger partial charge in [-0.05, 0) is 37.3 Å². The Bertz CT molecular complexity index is 1140. The highest BCUT2D eigenvalue weighted by molar-refractivity contribution is 7.89.